The predicted octanol–water partition coefficient (Wildman–Crippen LogP) is 4.40. The van der Waals surface area contributed by atoms with Crippen molar-refractivity contribution >= 4 is 40.2 Å². The summed E-state index contributed by atoms with van der Waals surface area (Å²) >= 11 is 9.67. The zero-order valence-corrected chi connectivity index (χ0v) is 15.1. The minimum atomic E-state index is -3.28. The van der Waals surface area contributed by atoms with Gasteiger partial charge in [-0.15, -0.1) is 0 Å². The smallest absolute Gasteiger partial charge is 0.311 e. The van der Waals surface area contributed by atoms with E-state index in [1.807, 2.05) is 24.3 Å². The number of hydrogen-bond donors (Lipinski definition) is 0. The van der Waals surface area contributed by atoms with Gasteiger partial charge in [0, 0.05) is 23.7 Å². The molecule has 1 aromatic carbocycles. The van der Waals surface area contributed by atoms with Crippen molar-refractivity contribution in [3.05, 3.63) is 40.4 Å². The molecule has 1 rings (SSSR count). The average Bonchev–Trinajstić information content (AvgIpc) is 2.44. The molecule has 1 atom stereocenters. The quantitative estimate of drug-likeness (QED) is 0.684. The number of likely N-dealkylation sites (N-methyl/N-ethyl adjacent to an activating group) is 1. The van der Waals surface area contributed by atoms with Crippen LogP contribution in [0.2, 0.25) is 0 Å². The molecule has 0 radical (unpaired) electrons. The lowest BCUT2D eigenvalue weighted by Crippen LogP contribution is -2.27. The van der Waals surface area contributed by atoms with E-state index in [2.05, 4.69) is 15.9 Å². The molecule has 0 amide bonds. The molecule has 0 aliphatic rings. The summed E-state index contributed by atoms with van der Waals surface area (Å²) in [6.45, 7) is 0. The molecule has 112 valence electrons. The lowest BCUT2D eigenvalue weighted by Gasteiger charge is -2.27. The Morgan fingerprint density at radius 1 is 1.30 bits per heavy atom. The van der Waals surface area contributed by atoms with Crippen LogP contribution in [0, 0.1) is 0 Å². The highest BCUT2D eigenvalue weighted by molar-refractivity contribution is 9.10. The van der Waals surface area contributed by atoms with Gasteiger partial charge in [0.05, 0.1) is 0 Å². The lowest BCUT2D eigenvalue weighted by atomic mass is 10.2. The highest BCUT2D eigenvalue weighted by Gasteiger charge is 2.34. The summed E-state index contributed by atoms with van der Waals surface area (Å²) in [5.41, 5.74) is 0.834. The highest BCUT2D eigenvalue weighted by atomic mass is 79.9. The van der Waals surface area contributed by atoms with Gasteiger partial charge in [-0.05, 0) is 37.9 Å². The van der Waals surface area contributed by atoms with Crippen LogP contribution in [-0.2, 0) is 13.6 Å². The highest BCUT2D eigenvalue weighted by Crippen LogP contribution is 2.53. The van der Waals surface area contributed by atoms with Crippen LogP contribution in [0.25, 0.3) is 5.03 Å². The molecule has 4 nitrogen and oxygen atoms in total. The van der Waals surface area contributed by atoms with Crippen LogP contribution < -0.4 is 0 Å². The molecule has 7 heteroatoms. The van der Waals surface area contributed by atoms with E-state index in [0.717, 1.165) is 10.0 Å². The van der Waals surface area contributed by atoms with E-state index in [9.17, 15) is 4.57 Å². The monoisotopic (exact) mass is 381 g/mol. The maximum Gasteiger partial charge on any atom is 0.351 e. The van der Waals surface area contributed by atoms with Crippen molar-refractivity contribution in [3.63, 3.8) is 0 Å². The van der Waals surface area contributed by atoms with Crippen LogP contribution in [-0.4, -0.2) is 39.0 Å². The van der Waals surface area contributed by atoms with Gasteiger partial charge in [0.15, 0.2) is 0 Å². The van der Waals surface area contributed by atoms with Crippen molar-refractivity contribution in [2.45, 2.75) is 5.78 Å². The van der Waals surface area contributed by atoms with E-state index in [1.165, 1.54) is 14.2 Å². The molecular weight excluding hydrogens is 364 g/mol. The Bertz CT molecular complexity index is 511. The Morgan fingerprint density at radius 2 is 1.80 bits per heavy atom. The topological polar surface area (TPSA) is 38.8 Å². The Hall–Kier alpha value is -0.160. The van der Waals surface area contributed by atoms with E-state index in [0.29, 0.717) is 5.03 Å². The van der Waals surface area contributed by atoms with Gasteiger partial charge in [-0.2, -0.15) is 0 Å². The van der Waals surface area contributed by atoms with Gasteiger partial charge in [0.2, 0.25) is 0 Å². The largest absolute Gasteiger partial charge is 0.351 e. The van der Waals surface area contributed by atoms with Gasteiger partial charge in [-0.1, -0.05) is 39.7 Å². The molecule has 1 aromatic rings. The number of benzene rings is 1. The molecule has 0 saturated heterocycles. The average molecular weight is 383 g/mol. The molecule has 0 saturated carbocycles. The molecule has 0 bridgehead atoms. The van der Waals surface area contributed by atoms with Crippen LogP contribution in [0.1, 0.15) is 5.56 Å². The first-order valence-electron chi connectivity index (χ1n) is 5.85. The molecule has 0 unspecified atom stereocenters. The van der Waals surface area contributed by atoms with Gasteiger partial charge in [0.1, 0.15) is 5.78 Å². The number of nitrogens with zero attached hydrogens (tertiary/aromatic N) is 1. The van der Waals surface area contributed by atoms with Crippen LogP contribution in [0.5, 0.6) is 0 Å². The summed E-state index contributed by atoms with van der Waals surface area (Å²) in [6, 6.07) is 7.53. The second kappa shape index (κ2) is 7.74. The third kappa shape index (κ3) is 4.42. The van der Waals surface area contributed by atoms with Crippen LogP contribution >= 0.6 is 35.1 Å². The Labute approximate surface area is 133 Å². The fourth-order valence-electron chi connectivity index (χ4n) is 1.65. The van der Waals surface area contributed by atoms with Crippen molar-refractivity contribution in [2.75, 3.05) is 28.3 Å². The van der Waals surface area contributed by atoms with Crippen molar-refractivity contribution in [3.8, 4) is 0 Å². The van der Waals surface area contributed by atoms with E-state index < -0.39 is 13.4 Å². The Kier molecular flexibility index (Phi) is 6.92. The maximum absolute atomic E-state index is 12.5. The fraction of sp³-hybridized carbons (Fsp3) is 0.385. The van der Waals surface area contributed by atoms with Gasteiger partial charge >= 0.3 is 7.60 Å². The molecule has 0 N–H and O–H groups in total. The summed E-state index contributed by atoms with van der Waals surface area (Å²) in [4.78, 5) is 1.75. The third-order valence-corrected chi connectivity index (χ3v) is 5.93. The molecule has 0 aliphatic heterocycles. The fourth-order valence-corrected chi connectivity index (χ4v) is 3.73. The van der Waals surface area contributed by atoms with Crippen molar-refractivity contribution in [1.29, 1.82) is 0 Å². The van der Waals surface area contributed by atoms with Crippen LogP contribution in [0.15, 0.2) is 34.8 Å². The number of hydrogen-bond acceptors (Lipinski definition) is 4. The van der Waals surface area contributed by atoms with E-state index in [4.69, 9.17) is 20.6 Å². The van der Waals surface area contributed by atoms with Crippen LogP contribution in [0.4, 0.5) is 0 Å². The van der Waals surface area contributed by atoms with Crippen molar-refractivity contribution < 1.29 is 13.6 Å². The maximum atomic E-state index is 12.5. The molecule has 0 fully saturated rings. The summed E-state index contributed by atoms with van der Waals surface area (Å²) < 4.78 is 23.6. The minimum absolute atomic E-state index is 0.491. The number of rotatable bonds is 6. The zero-order chi connectivity index (χ0) is 15.3. The van der Waals surface area contributed by atoms with E-state index in [1.54, 1.807) is 25.1 Å². The van der Waals surface area contributed by atoms with Gasteiger partial charge in [-0.25, -0.2) is 0 Å². The van der Waals surface area contributed by atoms with E-state index in [-0.39, 0.29) is 0 Å². The van der Waals surface area contributed by atoms with Gasteiger partial charge in [0.25, 0.3) is 0 Å². The Balaban J connectivity index is 3.14. The molecule has 20 heavy (non-hydrogen) atoms. The Morgan fingerprint density at radius 3 is 2.20 bits per heavy atom. The standard InChI is InChI=1S/C13H18BrClNO3P/c1-16(2)13(20(17,18-3)19-4)9-12(15)10-5-7-11(14)8-6-10/h5-9,13H,1-4H3/b12-9-/t13-/m1/s1. The minimum Gasteiger partial charge on any atom is -0.311 e. The van der Waals surface area contributed by atoms with Crippen molar-refractivity contribution in [2.24, 2.45) is 0 Å². The first-order valence-corrected chi connectivity index (χ1v) is 8.63. The van der Waals surface area contributed by atoms with Crippen molar-refractivity contribution in [1.82, 2.24) is 4.90 Å². The first-order chi connectivity index (χ1) is 9.34. The molecular formula is C13H18BrClNO3P. The first kappa shape index (κ1) is 17.9. The normalized spacial score (nSPS) is 14.7. The summed E-state index contributed by atoms with van der Waals surface area (Å²) in [5.74, 6) is -0.561. The second-order valence-electron chi connectivity index (χ2n) is 4.30. The molecule has 0 aromatic heterocycles. The predicted molar refractivity (Wildman–Crippen MR) is 87.1 cm³/mol. The summed E-state index contributed by atoms with van der Waals surface area (Å²) in [6.07, 6.45) is 1.68. The lowest BCUT2D eigenvalue weighted by molar-refractivity contribution is 0.242. The summed E-state index contributed by atoms with van der Waals surface area (Å²) in [5, 5.41) is 0.491. The van der Waals surface area contributed by atoms with Crippen LogP contribution in [0.3, 0.4) is 0 Å². The SMILES string of the molecule is COP(=O)(OC)[C@H](/C=C(\Cl)c1ccc(Br)cc1)N(C)C. The molecule has 0 spiro atoms. The zero-order valence-electron chi connectivity index (χ0n) is 11.8. The third-order valence-electron chi connectivity index (χ3n) is 2.78. The summed E-state index contributed by atoms with van der Waals surface area (Å²) in [7, 11) is 3.03. The molecule has 0 aliphatic carbocycles. The molecule has 0 heterocycles. The number of halogens is 2. The second-order valence-corrected chi connectivity index (χ2v) is 7.97. The van der Waals surface area contributed by atoms with Gasteiger partial charge < -0.3 is 9.05 Å². The van der Waals surface area contributed by atoms with Gasteiger partial charge in [-0.3, -0.25) is 9.46 Å². The van der Waals surface area contributed by atoms with E-state index >= 15 is 0 Å².